The van der Waals surface area contributed by atoms with Gasteiger partial charge in [-0.05, 0) is 49.6 Å². The van der Waals surface area contributed by atoms with Gasteiger partial charge in [0.15, 0.2) is 11.6 Å². The zero-order valence-corrected chi connectivity index (χ0v) is 16.3. The molecule has 0 N–H and O–H groups in total. The number of methoxy groups -OCH3 is 1. The maximum Gasteiger partial charge on any atom is 0.246 e. The van der Waals surface area contributed by atoms with Crippen molar-refractivity contribution in [2.75, 3.05) is 26.8 Å². The highest BCUT2D eigenvalue weighted by atomic mass is 32.2. The number of halogens is 1. The van der Waals surface area contributed by atoms with Crippen LogP contribution >= 0.6 is 0 Å². The highest BCUT2D eigenvalue weighted by Gasteiger charge is 2.32. The van der Waals surface area contributed by atoms with E-state index in [2.05, 4.69) is 0 Å². The number of benzene rings is 2. The molecule has 27 heavy (non-hydrogen) atoms. The molecule has 0 bridgehead atoms. The molecule has 1 aliphatic rings. The predicted octanol–water partition coefficient (Wildman–Crippen LogP) is 3.62. The van der Waals surface area contributed by atoms with Crippen LogP contribution in [-0.2, 0) is 10.0 Å². The minimum Gasteiger partial charge on any atom is -0.495 e. The molecular weight excluding hydrogens is 369 g/mol. The third kappa shape index (κ3) is 4.42. The lowest BCUT2D eigenvalue weighted by Crippen LogP contribution is -2.41. The van der Waals surface area contributed by atoms with E-state index < -0.39 is 15.8 Å². The van der Waals surface area contributed by atoms with Gasteiger partial charge in [-0.1, -0.05) is 18.2 Å². The molecule has 1 heterocycles. The smallest absolute Gasteiger partial charge is 0.246 e. The topological polar surface area (TPSA) is 55.8 Å². The van der Waals surface area contributed by atoms with Crippen LogP contribution in [0.3, 0.4) is 0 Å². The van der Waals surface area contributed by atoms with Crippen LogP contribution in [0.5, 0.6) is 11.5 Å². The van der Waals surface area contributed by atoms with Gasteiger partial charge in [0.05, 0.1) is 13.7 Å². The molecule has 5 nitrogen and oxygen atoms in total. The Labute approximate surface area is 159 Å². The molecule has 1 unspecified atom stereocenters. The summed E-state index contributed by atoms with van der Waals surface area (Å²) in [4.78, 5) is 0.181. The molecule has 0 aliphatic carbocycles. The first-order valence-electron chi connectivity index (χ1n) is 8.94. The van der Waals surface area contributed by atoms with E-state index in [1.807, 2.05) is 13.0 Å². The second kappa shape index (κ2) is 8.27. The second-order valence-corrected chi connectivity index (χ2v) is 8.67. The van der Waals surface area contributed by atoms with E-state index in [9.17, 15) is 12.8 Å². The van der Waals surface area contributed by atoms with Crippen molar-refractivity contribution in [2.45, 2.75) is 24.7 Å². The van der Waals surface area contributed by atoms with Gasteiger partial charge in [-0.25, -0.2) is 12.8 Å². The molecular formula is C20H24FNO4S. The number of piperidine rings is 1. The van der Waals surface area contributed by atoms with Gasteiger partial charge >= 0.3 is 0 Å². The first-order valence-corrected chi connectivity index (χ1v) is 10.4. The summed E-state index contributed by atoms with van der Waals surface area (Å²) in [5.74, 6) is 0.120. The normalized spacial score (nSPS) is 18.3. The summed E-state index contributed by atoms with van der Waals surface area (Å²) in [5.41, 5.74) is 0.853. The van der Waals surface area contributed by atoms with E-state index in [-0.39, 0.29) is 23.2 Å². The SMILES string of the molecule is COc1ccc(C)cc1S(=O)(=O)N1CCCC(COc2ccccc2F)C1. The van der Waals surface area contributed by atoms with E-state index >= 15 is 0 Å². The van der Waals surface area contributed by atoms with Gasteiger partial charge in [-0.2, -0.15) is 4.31 Å². The molecule has 0 spiro atoms. The first kappa shape index (κ1) is 19.6. The quantitative estimate of drug-likeness (QED) is 0.752. The number of para-hydroxylation sites is 1. The van der Waals surface area contributed by atoms with Crippen molar-refractivity contribution in [2.24, 2.45) is 5.92 Å². The van der Waals surface area contributed by atoms with Crippen LogP contribution in [-0.4, -0.2) is 39.5 Å². The van der Waals surface area contributed by atoms with Gasteiger partial charge in [-0.3, -0.25) is 0 Å². The molecule has 3 rings (SSSR count). The summed E-state index contributed by atoms with van der Waals surface area (Å²) in [6, 6.07) is 11.4. The van der Waals surface area contributed by atoms with Crippen LogP contribution < -0.4 is 9.47 Å². The van der Waals surface area contributed by atoms with Gasteiger partial charge in [0.2, 0.25) is 10.0 Å². The molecule has 1 aliphatic heterocycles. The number of hydrogen-bond donors (Lipinski definition) is 0. The lowest BCUT2D eigenvalue weighted by Gasteiger charge is -2.32. The Balaban J connectivity index is 1.74. The minimum atomic E-state index is -3.67. The predicted molar refractivity (Wildman–Crippen MR) is 101 cm³/mol. The van der Waals surface area contributed by atoms with Crippen molar-refractivity contribution >= 4 is 10.0 Å². The second-order valence-electron chi connectivity index (χ2n) is 6.77. The fourth-order valence-corrected chi connectivity index (χ4v) is 5.07. The minimum absolute atomic E-state index is 0.00364. The van der Waals surface area contributed by atoms with Crippen LogP contribution in [0.4, 0.5) is 4.39 Å². The highest BCUT2D eigenvalue weighted by Crippen LogP contribution is 2.31. The van der Waals surface area contributed by atoms with Crippen LogP contribution in [0.15, 0.2) is 47.4 Å². The zero-order valence-electron chi connectivity index (χ0n) is 15.5. The molecule has 1 fully saturated rings. The maximum atomic E-state index is 13.7. The molecule has 2 aromatic rings. The molecule has 7 heteroatoms. The van der Waals surface area contributed by atoms with Gasteiger partial charge in [-0.15, -0.1) is 0 Å². The van der Waals surface area contributed by atoms with Crippen molar-refractivity contribution in [3.8, 4) is 11.5 Å². The maximum absolute atomic E-state index is 13.7. The molecule has 0 aromatic heterocycles. The van der Waals surface area contributed by atoms with E-state index in [0.717, 1.165) is 18.4 Å². The van der Waals surface area contributed by atoms with Crippen molar-refractivity contribution in [3.05, 3.63) is 53.8 Å². The Morgan fingerprint density at radius 3 is 2.70 bits per heavy atom. The molecule has 1 atom stereocenters. The van der Waals surface area contributed by atoms with Crippen LogP contribution in [0.25, 0.3) is 0 Å². The molecule has 1 saturated heterocycles. The molecule has 2 aromatic carbocycles. The highest BCUT2D eigenvalue weighted by molar-refractivity contribution is 7.89. The van der Waals surface area contributed by atoms with Gasteiger partial charge in [0.1, 0.15) is 10.6 Å². The molecule has 0 amide bonds. The lowest BCUT2D eigenvalue weighted by molar-refractivity contribution is 0.176. The Kier molecular flexibility index (Phi) is 6.01. The summed E-state index contributed by atoms with van der Waals surface area (Å²) < 4.78 is 52.3. The number of ether oxygens (including phenoxy) is 2. The third-order valence-electron chi connectivity index (χ3n) is 4.73. The van der Waals surface area contributed by atoms with Crippen molar-refractivity contribution in [1.82, 2.24) is 4.31 Å². The van der Waals surface area contributed by atoms with Gasteiger partial charge in [0.25, 0.3) is 0 Å². The monoisotopic (exact) mass is 393 g/mol. The number of hydrogen-bond acceptors (Lipinski definition) is 4. The Hall–Kier alpha value is -2.12. The zero-order chi connectivity index (χ0) is 19.4. The third-order valence-corrected chi connectivity index (χ3v) is 6.62. The van der Waals surface area contributed by atoms with Crippen molar-refractivity contribution in [1.29, 1.82) is 0 Å². The Morgan fingerprint density at radius 1 is 1.19 bits per heavy atom. The molecule has 0 radical (unpaired) electrons. The summed E-state index contributed by atoms with van der Waals surface area (Å²) >= 11 is 0. The van der Waals surface area contributed by atoms with Crippen LogP contribution in [0.2, 0.25) is 0 Å². The number of aryl methyl sites for hydroxylation is 1. The lowest BCUT2D eigenvalue weighted by atomic mass is 10.0. The van der Waals surface area contributed by atoms with Crippen LogP contribution in [0, 0.1) is 18.7 Å². The number of nitrogens with zero attached hydrogens (tertiary/aromatic N) is 1. The average molecular weight is 393 g/mol. The van der Waals surface area contributed by atoms with E-state index in [0.29, 0.717) is 18.8 Å². The van der Waals surface area contributed by atoms with Gasteiger partial charge in [0, 0.05) is 19.0 Å². The molecule has 0 saturated carbocycles. The summed E-state index contributed by atoms with van der Waals surface area (Å²) in [7, 11) is -2.21. The van der Waals surface area contributed by atoms with Gasteiger partial charge < -0.3 is 9.47 Å². The summed E-state index contributed by atoms with van der Waals surface area (Å²) in [6.07, 6.45) is 1.57. The van der Waals surface area contributed by atoms with E-state index in [1.54, 1.807) is 30.3 Å². The van der Waals surface area contributed by atoms with E-state index in [4.69, 9.17) is 9.47 Å². The summed E-state index contributed by atoms with van der Waals surface area (Å²) in [6.45, 7) is 2.92. The standard InChI is InChI=1S/C20H24FNO4S/c1-15-9-10-19(25-2)20(12-15)27(23,24)22-11-5-6-16(13-22)14-26-18-8-4-3-7-17(18)21/h3-4,7-10,12,16H,5-6,11,13-14H2,1-2H3. The summed E-state index contributed by atoms with van der Waals surface area (Å²) in [5, 5.41) is 0. The number of sulfonamides is 1. The average Bonchev–Trinajstić information content (AvgIpc) is 2.67. The Bertz CT molecular complexity index is 901. The fourth-order valence-electron chi connectivity index (χ4n) is 3.28. The van der Waals surface area contributed by atoms with E-state index in [1.165, 1.54) is 17.5 Å². The number of rotatable bonds is 6. The Morgan fingerprint density at radius 2 is 1.96 bits per heavy atom. The van der Waals surface area contributed by atoms with Crippen molar-refractivity contribution in [3.63, 3.8) is 0 Å². The van der Waals surface area contributed by atoms with Crippen LogP contribution in [0.1, 0.15) is 18.4 Å². The fraction of sp³-hybridized carbons (Fsp3) is 0.400. The largest absolute Gasteiger partial charge is 0.495 e. The van der Waals surface area contributed by atoms with Crippen molar-refractivity contribution < 1.29 is 22.3 Å². The first-order chi connectivity index (χ1) is 12.9. The molecule has 146 valence electrons.